The van der Waals surface area contributed by atoms with Crippen molar-refractivity contribution in [3.8, 4) is 0 Å². The minimum absolute atomic E-state index is 0.102. The van der Waals surface area contributed by atoms with Crippen LogP contribution in [0.5, 0.6) is 0 Å². The third-order valence-electron chi connectivity index (χ3n) is 2.49. The number of rotatable bonds is 5. The molecular formula is C12H10F3O4-. The van der Waals surface area contributed by atoms with Gasteiger partial charge in [-0.1, -0.05) is 18.2 Å². The molecule has 1 aromatic carbocycles. The van der Waals surface area contributed by atoms with Crippen molar-refractivity contribution in [2.45, 2.75) is 19.0 Å². The fraction of sp³-hybridized carbons (Fsp3) is 0.333. The minimum atomic E-state index is -4.53. The largest absolute Gasteiger partial charge is 0.550 e. The van der Waals surface area contributed by atoms with Gasteiger partial charge in [-0.25, -0.2) is 0 Å². The average molecular weight is 275 g/mol. The normalized spacial score (nSPS) is 13.0. The molecule has 0 aliphatic rings. The van der Waals surface area contributed by atoms with Crippen molar-refractivity contribution in [3.05, 3.63) is 35.4 Å². The molecule has 4 nitrogen and oxygen atoms in total. The predicted molar refractivity (Wildman–Crippen MR) is 55.9 cm³/mol. The van der Waals surface area contributed by atoms with Crippen LogP contribution in [0, 0.1) is 5.92 Å². The molecule has 0 saturated heterocycles. The summed E-state index contributed by atoms with van der Waals surface area (Å²) in [6, 6.07) is 4.12. The number of halogens is 3. The van der Waals surface area contributed by atoms with Gasteiger partial charge in [-0.2, -0.15) is 13.2 Å². The van der Waals surface area contributed by atoms with Crippen molar-refractivity contribution in [1.82, 2.24) is 0 Å². The summed E-state index contributed by atoms with van der Waals surface area (Å²) in [6.45, 7) is 0. The number of carboxylic acid groups (broad SMARTS) is 2. The first-order chi connectivity index (χ1) is 8.70. The van der Waals surface area contributed by atoms with Gasteiger partial charge in [-0.05, 0) is 18.1 Å². The van der Waals surface area contributed by atoms with Crippen LogP contribution in [-0.4, -0.2) is 17.0 Å². The van der Waals surface area contributed by atoms with Crippen molar-refractivity contribution >= 4 is 11.9 Å². The Kier molecular flexibility index (Phi) is 4.52. The standard InChI is InChI=1S/C12H11F3O4/c13-12(14,15)9-3-1-2-7(5-9)4-8(11(18)19)6-10(16)17/h1-3,5,8H,4,6H2,(H,16,17)(H,18,19)/p-1. The van der Waals surface area contributed by atoms with Gasteiger partial charge in [0.1, 0.15) is 0 Å². The van der Waals surface area contributed by atoms with Gasteiger partial charge in [0.15, 0.2) is 0 Å². The van der Waals surface area contributed by atoms with E-state index in [-0.39, 0.29) is 12.0 Å². The third kappa shape index (κ3) is 4.61. The van der Waals surface area contributed by atoms with E-state index in [1.807, 2.05) is 0 Å². The summed E-state index contributed by atoms with van der Waals surface area (Å²) < 4.78 is 37.4. The maximum atomic E-state index is 12.5. The molecule has 1 N–H and O–H groups in total. The highest BCUT2D eigenvalue weighted by Crippen LogP contribution is 2.30. The van der Waals surface area contributed by atoms with E-state index in [0.29, 0.717) is 0 Å². The van der Waals surface area contributed by atoms with Gasteiger partial charge >= 0.3 is 12.1 Å². The van der Waals surface area contributed by atoms with Gasteiger partial charge < -0.3 is 15.0 Å². The number of hydrogen-bond acceptors (Lipinski definition) is 3. The second kappa shape index (κ2) is 5.73. The average Bonchev–Trinajstić information content (AvgIpc) is 2.26. The minimum Gasteiger partial charge on any atom is -0.550 e. The molecule has 0 aliphatic heterocycles. The molecule has 104 valence electrons. The molecule has 7 heteroatoms. The number of carbonyl (C=O) groups is 2. The van der Waals surface area contributed by atoms with E-state index >= 15 is 0 Å². The number of carbonyl (C=O) groups excluding carboxylic acids is 1. The van der Waals surface area contributed by atoms with E-state index in [0.717, 1.165) is 18.2 Å². The van der Waals surface area contributed by atoms with Crippen LogP contribution in [0.2, 0.25) is 0 Å². The lowest BCUT2D eigenvalue weighted by molar-refractivity contribution is -0.311. The summed E-state index contributed by atoms with van der Waals surface area (Å²) in [5.74, 6) is -4.30. The summed E-state index contributed by atoms with van der Waals surface area (Å²) >= 11 is 0. The Morgan fingerprint density at radius 1 is 1.32 bits per heavy atom. The second-order valence-corrected chi connectivity index (χ2v) is 4.02. The molecule has 1 atom stereocenters. The van der Waals surface area contributed by atoms with Gasteiger partial charge in [0, 0.05) is 11.9 Å². The smallest absolute Gasteiger partial charge is 0.416 e. The first-order valence-electron chi connectivity index (χ1n) is 5.29. The zero-order valence-electron chi connectivity index (χ0n) is 9.61. The Bertz CT molecular complexity index is 482. The zero-order chi connectivity index (χ0) is 14.6. The first kappa shape index (κ1) is 15.0. The van der Waals surface area contributed by atoms with Crippen LogP contribution in [-0.2, 0) is 22.2 Å². The summed E-state index contributed by atoms with van der Waals surface area (Å²) in [5, 5.41) is 19.2. The maximum Gasteiger partial charge on any atom is 0.416 e. The van der Waals surface area contributed by atoms with Crippen molar-refractivity contribution < 1.29 is 33.0 Å². The molecule has 0 spiro atoms. The van der Waals surface area contributed by atoms with Crippen molar-refractivity contribution in [3.63, 3.8) is 0 Å². The maximum absolute atomic E-state index is 12.5. The van der Waals surface area contributed by atoms with Gasteiger partial charge in [-0.3, -0.25) is 4.79 Å². The molecule has 1 unspecified atom stereocenters. The van der Waals surface area contributed by atoms with Crippen LogP contribution in [0.25, 0.3) is 0 Å². The van der Waals surface area contributed by atoms with Gasteiger partial charge in [0.2, 0.25) is 0 Å². The third-order valence-corrected chi connectivity index (χ3v) is 2.49. The van der Waals surface area contributed by atoms with E-state index in [2.05, 4.69) is 0 Å². The Hall–Kier alpha value is -2.05. The Morgan fingerprint density at radius 2 is 1.95 bits per heavy atom. The van der Waals surface area contributed by atoms with Crippen molar-refractivity contribution in [2.24, 2.45) is 5.92 Å². The number of hydrogen-bond donors (Lipinski definition) is 1. The molecule has 0 bridgehead atoms. The Balaban J connectivity index is 2.91. The van der Waals surface area contributed by atoms with E-state index in [4.69, 9.17) is 5.11 Å². The molecule has 0 radical (unpaired) electrons. The summed E-state index contributed by atoms with van der Waals surface area (Å²) in [6.07, 6.45) is -5.54. The molecule has 1 rings (SSSR count). The summed E-state index contributed by atoms with van der Waals surface area (Å²) in [5.41, 5.74) is -0.803. The fourth-order valence-corrected chi connectivity index (χ4v) is 1.61. The monoisotopic (exact) mass is 275 g/mol. The molecule has 0 fully saturated rings. The first-order valence-corrected chi connectivity index (χ1v) is 5.29. The van der Waals surface area contributed by atoms with E-state index in [9.17, 15) is 27.9 Å². The highest BCUT2D eigenvalue weighted by atomic mass is 19.4. The number of alkyl halides is 3. The SMILES string of the molecule is O=C(O)CC(Cc1cccc(C(F)(F)F)c1)C(=O)[O-]. The highest BCUT2D eigenvalue weighted by molar-refractivity contribution is 5.76. The van der Waals surface area contributed by atoms with Crippen LogP contribution >= 0.6 is 0 Å². The molecule has 0 aliphatic carbocycles. The predicted octanol–water partition coefficient (Wildman–Crippen LogP) is 1.09. The molecule has 0 aromatic heterocycles. The van der Waals surface area contributed by atoms with Crippen LogP contribution in [0.15, 0.2) is 24.3 Å². The summed E-state index contributed by atoms with van der Waals surface area (Å²) in [4.78, 5) is 21.2. The van der Waals surface area contributed by atoms with Crippen LogP contribution in [0.3, 0.4) is 0 Å². The van der Waals surface area contributed by atoms with Crippen molar-refractivity contribution in [1.29, 1.82) is 0 Å². The van der Waals surface area contributed by atoms with E-state index < -0.39 is 36.0 Å². The molecule has 0 heterocycles. The molecule has 1 aromatic rings. The van der Waals surface area contributed by atoms with Crippen molar-refractivity contribution in [2.75, 3.05) is 0 Å². The van der Waals surface area contributed by atoms with Gasteiger partial charge in [0.25, 0.3) is 0 Å². The van der Waals surface area contributed by atoms with E-state index in [1.165, 1.54) is 6.07 Å². The Morgan fingerprint density at radius 3 is 2.42 bits per heavy atom. The highest BCUT2D eigenvalue weighted by Gasteiger charge is 2.30. The number of aliphatic carboxylic acids is 2. The van der Waals surface area contributed by atoms with Gasteiger partial charge in [-0.15, -0.1) is 0 Å². The Labute approximate surface area is 106 Å². The lowest BCUT2D eigenvalue weighted by Crippen LogP contribution is -2.34. The van der Waals surface area contributed by atoms with Crippen LogP contribution in [0.4, 0.5) is 13.2 Å². The summed E-state index contributed by atoms with van der Waals surface area (Å²) in [7, 11) is 0. The topological polar surface area (TPSA) is 77.4 Å². The molecular weight excluding hydrogens is 265 g/mol. The zero-order valence-corrected chi connectivity index (χ0v) is 9.61. The van der Waals surface area contributed by atoms with Crippen LogP contribution < -0.4 is 5.11 Å². The molecule has 0 amide bonds. The number of carboxylic acids is 2. The second-order valence-electron chi connectivity index (χ2n) is 4.02. The van der Waals surface area contributed by atoms with E-state index in [1.54, 1.807) is 0 Å². The quantitative estimate of drug-likeness (QED) is 0.872. The fourth-order valence-electron chi connectivity index (χ4n) is 1.61. The van der Waals surface area contributed by atoms with Crippen LogP contribution in [0.1, 0.15) is 17.5 Å². The van der Waals surface area contributed by atoms with Gasteiger partial charge in [0.05, 0.1) is 12.0 Å². The lowest BCUT2D eigenvalue weighted by Gasteiger charge is -2.16. The number of benzene rings is 1. The molecule has 19 heavy (non-hydrogen) atoms. The lowest BCUT2D eigenvalue weighted by atomic mass is 9.95. The molecule has 0 saturated carbocycles.